The fourth-order valence-electron chi connectivity index (χ4n) is 5.31. The van der Waals surface area contributed by atoms with Crippen molar-refractivity contribution in [3.63, 3.8) is 0 Å². The topological polar surface area (TPSA) is 53.4 Å². The first kappa shape index (κ1) is 31.5. The number of carbonyl (C=O) groups excluding carboxylic acids is 1. The maximum atomic E-state index is 14.0. The minimum Gasteiger partial charge on any atom is -0.387 e. The van der Waals surface area contributed by atoms with E-state index in [-0.39, 0.29) is 17.7 Å². The van der Waals surface area contributed by atoms with Crippen LogP contribution in [0.3, 0.4) is 0 Å². The van der Waals surface area contributed by atoms with Crippen LogP contribution in [-0.4, -0.2) is 23.0 Å². The molecule has 1 aromatic heterocycles. The molecule has 0 spiro atoms. The van der Waals surface area contributed by atoms with Gasteiger partial charge in [-0.2, -0.15) is 26.3 Å². The second-order valence-electron chi connectivity index (χ2n) is 11.2. The average Bonchev–Trinajstić information content (AvgIpc) is 2.91. The number of carbonyl (C=O) groups is 1. The number of nitrogens with zero attached hydrogens (tertiary/aromatic N) is 2. The maximum Gasteiger partial charge on any atom is 0.416 e. The zero-order chi connectivity index (χ0) is 31.2. The van der Waals surface area contributed by atoms with Crippen molar-refractivity contribution in [2.75, 3.05) is 11.9 Å². The van der Waals surface area contributed by atoms with Crippen LogP contribution in [-0.2, 0) is 22.6 Å². The monoisotopic (exact) mass is 595 g/mol. The molecule has 1 N–H and O–H groups in total. The summed E-state index contributed by atoms with van der Waals surface area (Å²) < 4.78 is 95.3. The Kier molecular flexibility index (Phi) is 8.48. The molecule has 11 heteroatoms. The standard InChI is InChI=1S/C31H30F7N2O2/c1-17-11-22(32)7-10-24(17)25-15-26(18-5-8-23(41)9-6-18)39-16-27(25)40(4)28(42)29(2,3)19-12-20(30(33,34)35)14-21(13-19)31(36,37)38/h7,10-16,18,41H,5-6,8-9H2,1-4H3. The van der Waals surface area contributed by atoms with Crippen molar-refractivity contribution < 1.29 is 40.6 Å². The number of halogens is 7. The van der Waals surface area contributed by atoms with E-state index in [1.54, 1.807) is 19.1 Å². The Morgan fingerprint density at radius 1 is 0.881 bits per heavy atom. The Balaban J connectivity index is 1.81. The van der Waals surface area contributed by atoms with E-state index in [1.165, 1.54) is 39.2 Å². The Bertz CT molecular complexity index is 1440. The summed E-state index contributed by atoms with van der Waals surface area (Å²) >= 11 is 0. The lowest BCUT2D eigenvalue weighted by Gasteiger charge is -2.32. The van der Waals surface area contributed by atoms with Crippen molar-refractivity contribution >= 4 is 11.6 Å². The van der Waals surface area contributed by atoms with Crippen LogP contribution in [0.4, 0.5) is 36.4 Å². The number of alkyl halides is 6. The Morgan fingerprint density at radius 2 is 1.43 bits per heavy atom. The molecule has 42 heavy (non-hydrogen) atoms. The third kappa shape index (κ3) is 6.45. The zero-order valence-electron chi connectivity index (χ0n) is 23.4. The minimum absolute atomic E-state index is 0.0119. The van der Waals surface area contributed by atoms with Gasteiger partial charge < -0.3 is 10.0 Å². The molecule has 1 aliphatic carbocycles. The Labute approximate surface area is 239 Å². The number of anilines is 1. The average molecular weight is 596 g/mol. The van der Waals surface area contributed by atoms with Gasteiger partial charge in [0.05, 0.1) is 34.5 Å². The highest BCUT2D eigenvalue weighted by atomic mass is 19.4. The van der Waals surface area contributed by atoms with Gasteiger partial charge in [-0.15, -0.1) is 0 Å². The number of aliphatic hydroxyl groups is 1. The second-order valence-corrected chi connectivity index (χ2v) is 11.2. The molecule has 0 saturated heterocycles. The van der Waals surface area contributed by atoms with Crippen molar-refractivity contribution in [3.05, 3.63) is 88.5 Å². The van der Waals surface area contributed by atoms with E-state index in [0.717, 1.165) is 4.90 Å². The molecule has 0 atom stereocenters. The van der Waals surface area contributed by atoms with E-state index in [9.17, 15) is 40.6 Å². The molecular weight excluding hydrogens is 565 g/mol. The fraction of sp³-hybridized carbons (Fsp3) is 0.387. The van der Waals surface area contributed by atoms with Gasteiger partial charge in [-0.25, -0.2) is 4.39 Å². The summed E-state index contributed by atoms with van der Waals surface area (Å²) in [7, 11) is 1.37. The molecule has 1 saturated carbocycles. The number of amides is 1. The molecule has 1 heterocycles. The predicted octanol–water partition coefficient (Wildman–Crippen LogP) is 8.74. The van der Waals surface area contributed by atoms with Gasteiger partial charge in [0.2, 0.25) is 5.91 Å². The third-order valence-corrected chi connectivity index (χ3v) is 7.87. The number of aromatic nitrogens is 1. The Morgan fingerprint density at radius 3 is 1.95 bits per heavy atom. The molecule has 0 unspecified atom stereocenters. The summed E-state index contributed by atoms with van der Waals surface area (Å²) in [5.74, 6) is -1.23. The van der Waals surface area contributed by atoms with Gasteiger partial charge in [0.15, 0.2) is 0 Å². The van der Waals surface area contributed by atoms with Crippen LogP contribution in [0.5, 0.6) is 0 Å². The lowest BCUT2D eigenvalue weighted by atomic mass is 9.81. The molecule has 2 aromatic carbocycles. The van der Waals surface area contributed by atoms with Crippen molar-refractivity contribution in [2.24, 2.45) is 0 Å². The molecule has 0 bridgehead atoms. The lowest BCUT2D eigenvalue weighted by Crippen LogP contribution is -2.42. The molecule has 0 aliphatic heterocycles. The van der Waals surface area contributed by atoms with Crippen molar-refractivity contribution in [1.82, 2.24) is 4.98 Å². The number of likely N-dealkylation sites (N-methyl/N-ethyl adjacent to an activating group) is 1. The van der Waals surface area contributed by atoms with Gasteiger partial charge in [-0.3, -0.25) is 9.78 Å². The molecule has 225 valence electrons. The van der Waals surface area contributed by atoms with Gasteiger partial charge in [-0.05, 0) is 99.5 Å². The molecule has 4 rings (SSSR count). The number of aryl methyl sites for hydroxylation is 1. The summed E-state index contributed by atoms with van der Waals surface area (Å²) in [5, 5.41) is 9.83. The molecule has 1 aliphatic rings. The molecule has 1 fully saturated rings. The minimum atomic E-state index is -5.07. The molecule has 4 nitrogen and oxygen atoms in total. The summed E-state index contributed by atoms with van der Waals surface area (Å²) in [6.07, 6.45) is -5.95. The van der Waals surface area contributed by atoms with Crippen LogP contribution in [0.15, 0.2) is 48.7 Å². The number of pyridine rings is 1. The van der Waals surface area contributed by atoms with Gasteiger partial charge >= 0.3 is 12.4 Å². The van der Waals surface area contributed by atoms with Gasteiger partial charge in [0, 0.05) is 24.2 Å². The molecule has 3 aromatic rings. The number of aliphatic hydroxyl groups excluding tert-OH is 1. The maximum absolute atomic E-state index is 14.0. The van der Waals surface area contributed by atoms with E-state index in [1.807, 2.05) is 0 Å². The predicted molar refractivity (Wildman–Crippen MR) is 144 cm³/mol. The summed E-state index contributed by atoms with van der Waals surface area (Å²) in [5.41, 5.74) is -2.72. The molecule has 1 amide bonds. The quantitative estimate of drug-likeness (QED) is 0.300. The highest BCUT2D eigenvalue weighted by molar-refractivity contribution is 6.03. The van der Waals surface area contributed by atoms with Gasteiger partial charge in [-0.1, -0.05) is 6.07 Å². The van der Waals surface area contributed by atoms with Crippen molar-refractivity contribution in [1.29, 1.82) is 0 Å². The number of hydrogen-bond donors (Lipinski definition) is 1. The molecule has 1 radical (unpaired) electrons. The van der Waals surface area contributed by atoms with Gasteiger partial charge in [0.1, 0.15) is 5.82 Å². The van der Waals surface area contributed by atoms with Crippen molar-refractivity contribution in [3.8, 4) is 11.1 Å². The SMILES string of the molecule is Cc1cc(F)ccc1-c1cc(C2CC[C](O)CC2)ncc1N(C)C(=O)C(C)(C)c1cc(C(F)(F)F)cc(C(F)(F)F)c1. The summed E-state index contributed by atoms with van der Waals surface area (Å²) in [6.45, 7) is 4.21. The zero-order valence-corrected chi connectivity index (χ0v) is 23.4. The lowest BCUT2D eigenvalue weighted by molar-refractivity contribution is -0.143. The first-order valence-corrected chi connectivity index (χ1v) is 13.3. The van der Waals surface area contributed by atoms with E-state index in [2.05, 4.69) is 4.98 Å². The van der Waals surface area contributed by atoms with Crippen LogP contribution in [0, 0.1) is 18.8 Å². The van der Waals surface area contributed by atoms with E-state index in [0.29, 0.717) is 66.3 Å². The van der Waals surface area contributed by atoms with E-state index in [4.69, 9.17) is 0 Å². The smallest absolute Gasteiger partial charge is 0.387 e. The van der Waals surface area contributed by atoms with Crippen molar-refractivity contribution in [2.45, 2.75) is 70.1 Å². The number of hydrogen-bond acceptors (Lipinski definition) is 3. The van der Waals surface area contributed by atoms with Crippen LogP contribution in [0.1, 0.15) is 73.4 Å². The second kappa shape index (κ2) is 11.3. The van der Waals surface area contributed by atoms with E-state index < -0.39 is 46.2 Å². The summed E-state index contributed by atoms with van der Waals surface area (Å²) in [6, 6.07) is 7.03. The number of rotatable bonds is 5. The van der Waals surface area contributed by atoms with Crippen LogP contribution >= 0.6 is 0 Å². The van der Waals surface area contributed by atoms with Crippen LogP contribution < -0.4 is 4.90 Å². The Hall–Kier alpha value is -3.47. The third-order valence-electron chi connectivity index (χ3n) is 7.87. The normalized spacial score (nSPS) is 15.6. The fourth-order valence-corrected chi connectivity index (χ4v) is 5.31. The highest BCUT2D eigenvalue weighted by Gasteiger charge is 2.41. The first-order valence-electron chi connectivity index (χ1n) is 13.3. The van der Waals surface area contributed by atoms with Crippen LogP contribution in [0.25, 0.3) is 11.1 Å². The highest BCUT2D eigenvalue weighted by Crippen LogP contribution is 2.42. The number of benzene rings is 2. The summed E-state index contributed by atoms with van der Waals surface area (Å²) in [4.78, 5) is 19.6. The van der Waals surface area contributed by atoms with Crippen LogP contribution in [0.2, 0.25) is 0 Å². The van der Waals surface area contributed by atoms with E-state index >= 15 is 0 Å². The molecular formula is C31H30F7N2O2. The van der Waals surface area contributed by atoms with Gasteiger partial charge in [0.25, 0.3) is 0 Å². The first-order chi connectivity index (χ1) is 19.4. The largest absolute Gasteiger partial charge is 0.416 e.